The van der Waals surface area contributed by atoms with Gasteiger partial charge in [-0.15, -0.1) is 0 Å². The first-order chi connectivity index (χ1) is 13.4. The molecule has 1 N–H and O–H groups in total. The van der Waals surface area contributed by atoms with Crippen LogP contribution >= 0.6 is 23.4 Å². The number of nitrogens with zero attached hydrogens (tertiary/aromatic N) is 2. The topological polar surface area (TPSA) is 77.2 Å². The van der Waals surface area contributed by atoms with E-state index in [4.69, 9.17) is 20.9 Å². The number of hydrogen-bond acceptors (Lipinski definition) is 6. The van der Waals surface area contributed by atoms with Crippen LogP contribution in [-0.4, -0.2) is 22.7 Å². The average molecular weight is 418 g/mol. The number of rotatable bonds is 7. The summed E-state index contributed by atoms with van der Waals surface area (Å²) in [6, 6.07) is 11.7. The molecule has 2 aromatic carbocycles. The smallest absolute Gasteiger partial charge is 0.252 e. The molecule has 8 heteroatoms. The van der Waals surface area contributed by atoms with Gasteiger partial charge in [-0.3, -0.25) is 4.79 Å². The van der Waals surface area contributed by atoms with Gasteiger partial charge in [-0.25, -0.2) is 0 Å². The number of ether oxygens (including phenoxy) is 1. The van der Waals surface area contributed by atoms with E-state index in [0.717, 1.165) is 9.79 Å². The molecule has 0 bridgehead atoms. The van der Waals surface area contributed by atoms with Crippen LogP contribution in [-0.2, 0) is 16.1 Å². The predicted molar refractivity (Wildman–Crippen MR) is 109 cm³/mol. The third kappa shape index (κ3) is 5.58. The highest BCUT2D eigenvalue weighted by Gasteiger charge is 2.12. The van der Waals surface area contributed by atoms with E-state index in [2.05, 4.69) is 47.5 Å². The van der Waals surface area contributed by atoms with E-state index in [1.54, 1.807) is 30.8 Å². The molecule has 0 saturated carbocycles. The fourth-order valence-corrected chi connectivity index (χ4v) is 3.66. The minimum absolute atomic E-state index is 0.0774. The summed E-state index contributed by atoms with van der Waals surface area (Å²) in [6.45, 7) is 5.78. The number of carbonyl (C=O) groups is 1. The van der Waals surface area contributed by atoms with Crippen molar-refractivity contribution in [3.8, 4) is 0 Å². The molecular weight excluding hydrogens is 398 g/mol. The van der Waals surface area contributed by atoms with E-state index >= 15 is 0 Å². The summed E-state index contributed by atoms with van der Waals surface area (Å²) < 4.78 is 10.3. The lowest BCUT2D eigenvalue weighted by Gasteiger charge is -2.13. The number of carbonyl (C=O) groups excluding carboxylic acids is 1. The van der Waals surface area contributed by atoms with E-state index in [1.807, 2.05) is 6.07 Å². The fraction of sp³-hybridized carbons (Fsp3) is 0.250. The standard InChI is InChI=1S/C20H20ClN3O3S/c1-12-4-6-17(13(2)8-12)28-18-7-5-15(21)9-16(18)23-19(25)10-26-11-20-22-14(3)24-27-20/h4-9H,10-11H2,1-3H3,(H,23,25). The lowest BCUT2D eigenvalue weighted by atomic mass is 10.2. The number of anilines is 1. The Kier molecular flexibility index (Phi) is 6.72. The molecule has 0 aliphatic rings. The maximum atomic E-state index is 12.3. The van der Waals surface area contributed by atoms with Crippen molar-refractivity contribution in [1.29, 1.82) is 0 Å². The fourth-order valence-electron chi connectivity index (χ4n) is 2.54. The van der Waals surface area contributed by atoms with Crippen LogP contribution in [0.15, 0.2) is 50.7 Å². The number of nitrogens with one attached hydrogen (secondary N) is 1. The van der Waals surface area contributed by atoms with Crippen molar-refractivity contribution in [2.24, 2.45) is 0 Å². The monoisotopic (exact) mass is 417 g/mol. The lowest BCUT2D eigenvalue weighted by molar-refractivity contribution is -0.121. The summed E-state index contributed by atoms with van der Waals surface area (Å²) >= 11 is 7.70. The molecule has 1 aromatic heterocycles. The number of halogens is 1. The largest absolute Gasteiger partial charge is 0.362 e. The molecule has 0 aliphatic carbocycles. The van der Waals surface area contributed by atoms with Crippen molar-refractivity contribution in [1.82, 2.24) is 10.1 Å². The van der Waals surface area contributed by atoms with Gasteiger partial charge in [0.1, 0.15) is 13.2 Å². The zero-order valence-corrected chi connectivity index (χ0v) is 17.4. The maximum Gasteiger partial charge on any atom is 0.252 e. The molecule has 0 unspecified atom stereocenters. The van der Waals surface area contributed by atoms with Gasteiger partial charge in [0, 0.05) is 14.8 Å². The van der Waals surface area contributed by atoms with E-state index in [1.165, 1.54) is 11.1 Å². The summed E-state index contributed by atoms with van der Waals surface area (Å²) in [5.41, 5.74) is 3.02. The zero-order valence-electron chi connectivity index (χ0n) is 15.8. The lowest BCUT2D eigenvalue weighted by Crippen LogP contribution is -2.18. The highest BCUT2D eigenvalue weighted by molar-refractivity contribution is 7.99. The van der Waals surface area contributed by atoms with Crippen LogP contribution in [0.4, 0.5) is 5.69 Å². The summed E-state index contributed by atoms with van der Waals surface area (Å²) in [5.74, 6) is 0.565. The zero-order chi connectivity index (χ0) is 20.1. The van der Waals surface area contributed by atoms with Crippen LogP contribution in [0.3, 0.4) is 0 Å². The van der Waals surface area contributed by atoms with Crippen LogP contribution in [0.1, 0.15) is 22.8 Å². The van der Waals surface area contributed by atoms with E-state index in [0.29, 0.717) is 22.4 Å². The third-order valence-corrected chi connectivity index (χ3v) is 5.28. The SMILES string of the molecule is Cc1ccc(Sc2ccc(Cl)cc2NC(=O)COCc2nc(C)no2)c(C)c1. The molecule has 1 amide bonds. The van der Waals surface area contributed by atoms with Crippen molar-refractivity contribution < 1.29 is 14.1 Å². The molecule has 0 radical (unpaired) electrons. The minimum atomic E-state index is -0.291. The number of hydrogen-bond donors (Lipinski definition) is 1. The van der Waals surface area contributed by atoms with Crippen LogP contribution in [0, 0.1) is 20.8 Å². The molecule has 146 valence electrons. The first kappa shape index (κ1) is 20.4. The predicted octanol–water partition coefficient (Wildman–Crippen LogP) is 4.95. The van der Waals surface area contributed by atoms with Gasteiger partial charge in [-0.2, -0.15) is 4.98 Å². The summed E-state index contributed by atoms with van der Waals surface area (Å²) in [5, 5.41) is 7.07. The Labute approximate surface area is 172 Å². The summed E-state index contributed by atoms with van der Waals surface area (Å²) in [7, 11) is 0. The minimum Gasteiger partial charge on any atom is -0.362 e. The first-order valence-electron chi connectivity index (χ1n) is 8.62. The summed E-state index contributed by atoms with van der Waals surface area (Å²) in [6.07, 6.45) is 0. The Bertz CT molecular complexity index is 991. The quantitative estimate of drug-likeness (QED) is 0.585. The van der Waals surface area contributed by atoms with Crippen LogP contribution in [0.2, 0.25) is 5.02 Å². The van der Waals surface area contributed by atoms with Crippen LogP contribution in [0.25, 0.3) is 0 Å². The van der Waals surface area contributed by atoms with Crippen molar-refractivity contribution in [2.75, 3.05) is 11.9 Å². The Morgan fingerprint density at radius 2 is 1.96 bits per heavy atom. The van der Waals surface area contributed by atoms with Gasteiger partial charge in [0.25, 0.3) is 5.89 Å². The Hall–Kier alpha value is -2.35. The van der Waals surface area contributed by atoms with Gasteiger partial charge in [0.05, 0.1) is 5.69 Å². The highest BCUT2D eigenvalue weighted by Crippen LogP contribution is 2.36. The molecular formula is C20H20ClN3O3S. The second-order valence-corrected chi connectivity index (χ2v) is 7.81. The first-order valence-corrected chi connectivity index (χ1v) is 9.81. The normalized spacial score (nSPS) is 10.9. The second-order valence-electron chi connectivity index (χ2n) is 6.29. The molecule has 1 heterocycles. The van der Waals surface area contributed by atoms with Gasteiger partial charge in [0.2, 0.25) is 5.91 Å². The molecule has 0 spiro atoms. The molecule has 6 nitrogen and oxygen atoms in total. The number of aromatic nitrogens is 2. The number of amides is 1. The second kappa shape index (κ2) is 9.23. The van der Waals surface area contributed by atoms with Crippen LogP contribution < -0.4 is 5.32 Å². The van der Waals surface area contributed by atoms with Gasteiger partial charge >= 0.3 is 0 Å². The number of aryl methyl sites for hydroxylation is 3. The van der Waals surface area contributed by atoms with Gasteiger partial charge in [-0.05, 0) is 50.6 Å². The van der Waals surface area contributed by atoms with Crippen molar-refractivity contribution in [3.63, 3.8) is 0 Å². The van der Waals surface area contributed by atoms with E-state index < -0.39 is 0 Å². The highest BCUT2D eigenvalue weighted by atomic mass is 35.5. The molecule has 0 atom stereocenters. The average Bonchev–Trinajstić information content (AvgIpc) is 3.04. The molecule has 0 aliphatic heterocycles. The van der Waals surface area contributed by atoms with E-state index in [-0.39, 0.29) is 19.1 Å². The molecule has 0 saturated heterocycles. The molecule has 0 fully saturated rings. The Morgan fingerprint density at radius 1 is 1.18 bits per heavy atom. The van der Waals surface area contributed by atoms with Crippen molar-refractivity contribution >= 4 is 35.0 Å². The van der Waals surface area contributed by atoms with Crippen molar-refractivity contribution in [2.45, 2.75) is 37.2 Å². The summed E-state index contributed by atoms with van der Waals surface area (Å²) in [4.78, 5) is 18.3. The van der Waals surface area contributed by atoms with Crippen molar-refractivity contribution in [3.05, 3.63) is 64.3 Å². The van der Waals surface area contributed by atoms with E-state index in [9.17, 15) is 4.79 Å². The number of benzene rings is 2. The van der Waals surface area contributed by atoms with Crippen LogP contribution in [0.5, 0.6) is 0 Å². The van der Waals surface area contributed by atoms with Gasteiger partial charge < -0.3 is 14.6 Å². The molecule has 3 rings (SSSR count). The molecule has 28 heavy (non-hydrogen) atoms. The van der Waals surface area contributed by atoms with Gasteiger partial charge in [0.15, 0.2) is 5.82 Å². The molecule has 3 aromatic rings. The Balaban J connectivity index is 1.65. The Morgan fingerprint density at radius 3 is 2.68 bits per heavy atom. The third-order valence-electron chi connectivity index (χ3n) is 3.79. The van der Waals surface area contributed by atoms with Gasteiger partial charge in [-0.1, -0.05) is 46.2 Å². The maximum absolute atomic E-state index is 12.3.